The Kier molecular flexibility index (Phi) is 6.05. The summed E-state index contributed by atoms with van der Waals surface area (Å²) in [7, 11) is 0. The molecule has 0 aromatic carbocycles. The molecule has 2 amide bonds. The molecule has 1 saturated heterocycles. The van der Waals surface area contributed by atoms with Crippen molar-refractivity contribution in [3.8, 4) is 0 Å². The van der Waals surface area contributed by atoms with Crippen LogP contribution in [0.5, 0.6) is 0 Å². The van der Waals surface area contributed by atoms with Crippen molar-refractivity contribution in [2.24, 2.45) is 35.3 Å². The summed E-state index contributed by atoms with van der Waals surface area (Å²) in [6.45, 7) is 8.50. The third-order valence-corrected chi connectivity index (χ3v) is 6.03. The molecule has 2 rings (SSSR count). The molecule has 0 bridgehead atoms. The zero-order chi connectivity index (χ0) is 18.0. The van der Waals surface area contributed by atoms with Crippen molar-refractivity contribution in [3.63, 3.8) is 0 Å². The molecule has 24 heavy (non-hydrogen) atoms. The molecule has 1 unspecified atom stereocenters. The summed E-state index contributed by atoms with van der Waals surface area (Å²) in [4.78, 5) is 38.9. The molecule has 1 saturated carbocycles. The molecule has 5 nitrogen and oxygen atoms in total. The van der Waals surface area contributed by atoms with Gasteiger partial charge in [0.1, 0.15) is 5.78 Å². The number of hydrogen-bond donors (Lipinski definition) is 1. The maximum absolute atomic E-state index is 13.1. The van der Waals surface area contributed by atoms with Gasteiger partial charge in [0.05, 0.1) is 0 Å². The maximum atomic E-state index is 13.1. The van der Waals surface area contributed by atoms with E-state index < -0.39 is 0 Å². The molecule has 5 atom stereocenters. The second kappa shape index (κ2) is 7.66. The fourth-order valence-electron chi connectivity index (χ4n) is 4.26. The van der Waals surface area contributed by atoms with Crippen molar-refractivity contribution in [3.05, 3.63) is 0 Å². The van der Waals surface area contributed by atoms with E-state index in [1.807, 2.05) is 18.7 Å². The number of piperidine rings is 1. The number of amides is 2. The maximum Gasteiger partial charge on any atom is 0.225 e. The molecule has 136 valence electrons. The number of likely N-dealkylation sites (tertiary alicyclic amines) is 1. The molecule has 2 aliphatic rings. The van der Waals surface area contributed by atoms with Gasteiger partial charge in [0.25, 0.3) is 0 Å². The largest absolute Gasteiger partial charge is 0.369 e. The van der Waals surface area contributed by atoms with Gasteiger partial charge in [-0.3, -0.25) is 14.4 Å². The predicted molar refractivity (Wildman–Crippen MR) is 92.9 cm³/mol. The molecule has 0 aromatic rings. The number of rotatable bonds is 4. The highest BCUT2D eigenvalue weighted by molar-refractivity contribution is 5.86. The van der Waals surface area contributed by atoms with E-state index in [0.717, 1.165) is 25.7 Å². The zero-order valence-electron chi connectivity index (χ0n) is 15.5. The Labute approximate surface area is 145 Å². The molecule has 0 aromatic heterocycles. The number of Topliss-reactive ketones (excluding diaryl/α,β-unsaturated/α-hetero) is 1. The van der Waals surface area contributed by atoms with E-state index in [4.69, 9.17) is 5.73 Å². The Morgan fingerprint density at radius 3 is 2.21 bits per heavy atom. The van der Waals surface area contributed by atoms with Crippen LogP contribution in [0.15, 0.2) is 0 Å². The third-order valence-electron chi connectivity index (χ3n) is 6.03. The quantitative estimate of drug-likeness (QED) is 0.856. The Morgan fingerprint density at radius 2 is 1.62 bits per heavy atom. The fraction of sp³-hybridized carbons (Fsp3) is 0.842. The SMILES string of the molecule is CC(C)C(=O)N1C[C@H](C(=O)C2C[C@H](C(N)=O)CC[C@H]2C)CC[C@H]1C. The summed E-state index contributed by atoms with van der Waals surface area (Å²) in [5, 5.41) is 0. The number of ketones is 1. The minimum atomic E-state index is -0.284. The number of carbonyl (C=O) groups excluding carboxylic acids is 3. The predicted octanol–water partition coefficient (Wildman–Crippen LogP) is 2.38. The molecule has 0 radical (unpaired) electrons. The minimum Gasteiger partial charge on any atom is -0.369 e. The first-order valence-corrected chi connectivity index (χ1v) is 9.35. The van der Waals surface area contributed by atoms with Crippen molar-refractivity contribution in [2.45, 2.75) is 65.8 Å². The number of nitrogens with two attached hydrogens (primary N) is 1. The molecule has 0 spiro atoms. The van der Waals surface area contributed by atoms with Crippen LogP contribution in [-0.4, -0.2) is 35.1 Å². The third kappa shape index (κ3) is 3.98. The van der Waals surface area contributed by atoms with Crippen molar-refractivity contribution in [1.82, 2.24) is 4.90 Å². The van der Waals surface area contributed by atoms with Gasteiger partial charge >= 0.3 is 0 Å². The Hall–Kier alpha value is -1.39. The van der Waals surface area contributed by atoms with Gasteiger partial charge < -0.3 is 10.6 Å². The number of nitrogens with zero attached hydrogens (tertiary/aromatic N) is 1. The van der Waals surface area contributed by atoms with E-state index in [9.17, 15) is 14.4 Å². The first-order valence-electron chi connectivity index (χ1n) is 9.35. The number of primary amides is 1. The fourth-order valence-corrected chi connectivity index (χ4v) is 4.26. The Bertz CT molecular complexity index is 503. The van der Waals surface area contributed by atoms with Crippen molar-refractivity contribution >= 4 is 17.6 Å². The Morgan fingerprint density at radius 1 is 1.00 bits per heavy atom. The van der Waals surface area contributed by atoms with Gasteiger partial charge in [-0.25, -0.2) is 0 Å². The lowest BCUT2D eigenvalue weighted by Crippen LogP contribution is -2.50. The van der Waals surface area contributed by atoms with Gasteiger partial charge in [0, 0.05) is 36.3 Å². The van der Waals surface area contributed by atoms with Crippen LogP contribution in [0.25, 0.3) is 0 Å². The average molecular weight is 336 g/mol. The molecule has 1 aliphatic carbocycles. The van der Waals surface area contributed by atoms with Crippen LogP contribution < -0.4 is 5.73 Å². The lowest BCUT2D eigenvalue weighted by atomic mass is 9.69. The van der Waals surface area contributed by atoms with Crippen LogP contribution >= 0.6 is 0 Å². The van der Waals surface area contributed by atoms with Gasteiger partial charge in [-0.05, 0) is 44.9 Å². The lowest BCUT2D eigenvalue weighted by Gasteiger charge is -2.41. The molecule has 5 heteroatoms. The molecule has 1 aliphatic heterocycles. The van der Waals surface area contributed by atoms with Crippen LogP contribution in [-0.2, 0) is 14.4 Å². The van der Waals surface area contributed by atoms with Crippen LogP contribution in [0.3, 0.4) is 0 Å². The minimum absolute atomic E-state index is 0.0471. The van der Waals surface area contributed by atoms with Crippen molar-refractivity contribution in [2.75, 3.05) is 6.54 Å². The normalized spacial score (nSPS) is 34.2. The smallest absolute Gasteiger partial charge is 0.225 e. The van der Waals surface area contributed by atoms with E-state index in [-0.39, 0.29) is 47.3 Å². The van der Waals surface area contributed by atoms with E-state index in [0.29, 0.717) is 18.9 Å². The van der Waals surface area contributed by atoms with Crippen LogP contribution in [0.1, 0.15) is 59.8 Å². The highest BCUT2D eigenvalue weighted by Gasteiger charge is 2.40. The van der Waals surface area contributed by atoms with Crippen LogP contribution in [0, 0.1) is 29.6 Å². The van der Waals surface area contributed by atoms with E-state index >= 15 is 0 Å². The Balaban J connectivity index is 2.08. The summed E-state index contributed by atoms with van der Waals surface area (Å²) >= 11 is 0. The first kappa shape index (κ1) is 18.9. The summed E-state index contributed by atoms with van der Waals surface area (Å²) in [5.41, 5.74) is 5.46. The summed E-state index contributed by atoms with van der Waals surface area (Å²) in [5.74, 6) is -0.0299. The van der Waals surface area contributed by atoms with Gasteiger partial charge in [-0.15, -0.1) is 0 Å². The monoisotopic (exact) mass is 336 g/mol. The highest BCUT2D eigenvalue weighted by Crippen LogP contribution is 2.37. The molecule has 1 heterocycles. The van der Waals surface area contributed by atoms with E-state index in [1.54, 1.807) is 0 Å². The number of carbonyl (C=O) groups is 3. The first-order chi connectivity index (χ1) is 11.2. The second-order valence-corrected chi connectivity index (χ2v) is 8.17. The van der Waals surface area contributed by atoms with Crippen molar-refractivity contribution in [1.29, 1.82) is 0 Å². The molecular formula is C19H32N2O3. The molecular weight excluding hydrogens is 304 g/mol. The zero-order valence-corrected chi connectivity index (χ0v) is 15.5. The van der Waals surface area contributed by atoms with E-state index in [1.165, 1.54) is 0 Å². The summed E-state index contributed by atoms with van der Waals surface area (Å²) in [6.07, 6.45) is 3.96. The van der Waals surface area contributed by atoms with Gasteiger partial charge in [0.15, 0.2) is 0 Å². The van der Waals surface area contributed by atoms with Crippen LogP contribution in [0.4, 0.5) is 0 Å². The lowest BCUT2D eigenvalue weighted by molar-refractivity contribution is -0.142. The van der Waals surface area contributed by atoms with Crippen molar-refractivity contribution < 1.29 is 14.4 Å². The van der Waals surface area contributed by atoms with Gasteiger partial charge in [-0.2, -0.15) is 0 Å². The second-order valence-electron chi connectivity index (χ2n) is 8.17. The van der Waals surface area contributed by atoms with Crippen LogP contribution in [0.2, 0.25) is 0 Å². The molecule has 2 N–H and O–H groups in total. The topological polar surface area (TPSA) is 80.5 Å². The van der Waals surface area contributed by atoms with E-state index in [2.05, 4.69) is 13.8 Å². The molecule has 2 fully saturated rings. The van der Waals surface area contributed by atoms with Gasteiger partial charge in [-0.1, -0.05) is 20.8 Å². The summed E-state index contributed by atoms with van der Waals surface area (Å²) < 4.78 is 0. The standard InChI is InChI=1S/C19H32N2O3/c1-11(2)19(24)21-10-15(8-6-13(21)4)17(22)16-9-14(18(20)23)7-5-12(16)3/h11-16H,5-10H2,1-4H3,(H2,20,23)/t12-,13-,14-,15-,16?/m1/s1. The highest BCUT2D eigenvalue weighted by atomic mass is 16.2. The average Bonchev–Trinajstić information content (AvgIpc) is 2.54. The van der Waals surface area contributed by atoms with Gasteiger partial charge in [0.2, 0.25) is 11.8 Å². The summed E-state index contributed by atoms with van der Waals surface area (Å²) in [6, 6.07) is 0.200. The number of hydrogen-bond acceptors (Lipinski definition) is 3.